The van der Waals surface area contributed by atoms with Gasteiger partial charge in [0.05, 0.1) is 18.0 Å². The highest BCUT2D eigenvalue weighted by Gasteiger charge is 2.34. The van der Waals surface area contributed by atoms with E-state index in [0.29, 0.717) is 42.2 Å². The van der Waals surface area contributed by atoms with Gasteiger partial charge in [0.15, 0.2) is 5.65 Å². The topological polar surface area (TPSA) is 181 Å². The van der Waals surface area contributed by atoms with E-state index in [9.17, 15) is 4.79 Å². The third-order valence-corrected chi connectivity index (χ3v) is 6.77. The van der Waals surface area contributed by atoms with E-state index in [-0.39, 0.29) is 11.9 Å². The van der Waals surface area contributed by atoms with Gasteiger partial charge < -0.3 is 41.3 Å². The lowest BCUT2D eigenvalue weighted by Crippen LogP contribution is -2.53. The SMILES string of the molecule is CC(=O)O.CN(C)CCN.CN(C)CCNCC(=O)N1CC(n2nc(-c3ccc(Oc4ccccc4)cc3)c3c(N)ncnc32)C1. The van der Waals surface area contributed by atoms with Crippen LogP contribution in [0, 0.1) is 0 Å². The molecule has 14 heteroatoms. The van der Waals surface area contributed by atoms with Crippen LogP contribution in [-0.4, -0.2) is 125 Å². The average molecular weight is 635 g/mol. The molecule has 5 rings (SSSR count). The van der Waals surface area contributed by atoms with Gasteiger partial charge in [0.25, 0.3) is 5.97 Å². The zero-order chi connectivity index (χ0) is 33.6. The number of rotatable bonds is 11. The quantitative estimate of drug-likeness (QED) is 0.177. The maximum atomic E-state index is 12.5. The second-order valence-corrected chi connectivity index (χ2v) is 11.2. The van der Waals surface area contributed by atoms with E-state index in [1.54, 1.807) is 0 Å². The van der Waals surface area contributed by atoms with Crippen LogP contribution in [0.15, 0.2) is 60.9 Å². The van der Waals surface area contributed by atoms with Gasteiger partial charge in [-0.3, -0.25) is 9.59 Å². The van der Waals surface area contributed by atoms with E-state index in [2.05, 4.69) is 25.1 Å². The Morgan fingerprint density at radius 3 is 2.15 bits per heavy atom. The van der Waals surface area contributed by atoms with Crippen molar-refractivity contribution in [1.29, 1.82) is 0 Å². The standard InChI is InChI=1S/C26H30N8O2.C4H12N2.C2H4O2/c1-32(2)13-12-28-14-22(35)33-15-19(16-33)34-26-23(25(27)29-17-30-26)24(31-34)18-8-10-21(11-9-18)36-20-6-4-3-5-7-20;1-6(2)4-3-5;1-2(3)4/h3-11,17,19,28H,12-16H2,1-2H3,(H2,27,29,30);3-5H2,1-2H3;1H3,(H,3,4). The number of aliphatic carboxylic acids is 1. The number of benzene rings is 2. The molecule has 1 fully saturated rings. The highest BCUT2D eigenvalue weighted by atomic mass is 16.5. The van der Waals surface area contributed by atoms with Crippen molar-refractivity contribution >= 4 is 28.7 Å². The van der Waals surface area contributed by atoms with E-state index < -0.39 is 5.97 Å². The normalized spacial score (nSPS) is 12.7. The molecule has 6 N–H and O–H groups in total. The molecule has 0 saturated carbocycles. The van der Waals surface area contributed by atoms with Crippen LogP contribution in [-0.2, 0) is 9.59 Å². The number of para-hydroxylation sites is 1. The first-order valence-corrected chi connectivity index (χ1v) is 15.0. The van der Waals surface area contributed by atoms with Crippen LogP contribution in [0.25, 0.3) is 22.3 Å². The Labute approximate surface area is 269 Å². The molecule has 2 aromatic heterocycles. The Hall–Kier alpha value is -4.63. The number of nitrogen functional groups attached to an aromatic ring is 1. The Morgan fingerprint density at radius 1 is 0.978 bits per heavy atom. The summed E-state index contributed by atoms with van der Waals surface area (Å²) in [7, 11) is 8.03. The summed E-state index contributed by atoms with van der Waals surface area (Å²) in [6.07, 6.45) is 1.45. The second-order valence-electron chi connectivity index (χ2n) is 11.2. The Bertz CT molecular complexity index is 1520. The van der Waals surface area contributed by atoms with Gasteiger partial charge >= 0.3 is 0 Å². The summed E-state index contributed by atoms with van der Waals surface area (Å²) < 4.78 is 7.79. The highest BCUT2D eigenvalue weighted by Crippen LogP contribution is 2.34. The van der Waals surface area contributed by atoms with Crippen LogP contribution in [0.1, 0.15) is 13.0 Å². The maximum absolute atomic E-state index is 12.5. The summed E-state index contributed by atoms with van der Waals surface area (Å²) in [6.45, 7) is 5.98. The predicted molar refractivity (Wildman–Crippen MR) is 180 cm³/mol. The third kappa shape index (κ3) is 10.8. The van der Waals surface area contributed by atoms with Gasteiger partial charge in [0.2, 0.25) is 5.91 Å². The van der Waals surface area contributed by atoms with Crippen LogP contribution in [0.2, 0.25) is 0 Å². The second kappa shape index (κ2) is 17.8. The van der Waals surface area contributed by atoms with Crippen molar-refractivity contribution in [3.63, 3.8) is 0 Å². The van der Waals surface area contributed by atoms with Crippen molar-refractivity contribution < 1.29 is 19.4 Å². The number of hydrogen-bond acceptors (Lipinski definition) is 11. The minimum Gasteiger partial charge on any atom is -0.481 e. The molecule has 14 nitrogen and oxygen atoms in total. The van der Waals surface area contributed by atoms with Crippen LogP contribution in [0.5, 0.6) is 11.5 Å². The number of aromatic nitrogens is 4. The first-order chi connectivity index (χ1) is 22.0. The molecule has 0 atom stereocenters. The van der Waals surface area contributed by atoms with Gasteiger partial charge in [0.1, 0.15) is 29.3 Å². The minimum absolute atomic E-state index is 0.0296. The summed E-state index contributed by atoms with van der Waals surface area (Å²) >= 11 is 0. The first kappa shape index (κ1) is 35.8. The molecule has 0 spiro atoms. The molecule has 4 aromatic rings. The zero-order valence-electron chi connectivity index (χ0n) is 27.3. The number of nitrogens with two attached hydrogens (primary N) is 2. The molecule has 46 heavy (non-hydrogen) atoms. The number of carboxylic acids is 1. The summed E-state index contributed by atoms with van der Waals surface area (Å²) in [6, 6.07) is 17.4. The van der Waals surface area contributed by atoms with Crippen molar-refractivity contribution in [3.05, 3.63) is 60.9 Å². The molecule has 0 unspecified atom stereocenters. The molecule has 1 aliphatic rings. The smallest absolute Gasteiger partial charge is 0.300 e. The molecular weight excluding hydrogens is 588 g/mol. The van der Waals surface area contributed by atoms with Gasteiger partial charge in [0, 0.05) is 51.8 Å². The highest BCUT2D eigenvalue weighted by molar-refractivity contribution is 5.98. The van der Waals surface area contributed by atoms with E-state index in [0.717, 1.165) is 50.2 Å². The molecule has 248 valence electrons. The molecule has 1 amide bonds. The molecule has 3 heterocycles. The summed E-state index contributed by atoms with van der Waals surface area (Å²) in [5.74, 6) is 1.13. The number of likely N-dealkylation sites (N-methyl/N-ethyl adjacent to an activating group) is 2. The van der Waals surface area contributed by atoms with Crippen molar-refractivity contribution in [3.8, 4) is 22.8 Å². The average Bonchev–Trinajstić information content (AvgIpc) is 3.36. The number of nitrogens with one attached hydrogen (secondary N) is 1. The fourth-order valence-corrected chi connectivity index (χ4v) is 4.44. The van der Waals surface area contributed by atoms with Crippen molar-refractivity contribution in [2.24, 2.45) is 5.73 Å². The van der Waals surface area contributed by atoms with Gasteiger partial charge in [-0.15, -0.1) is 0 Å². The monoisotopic (exact) mass is 634 g/mol. The lowest BCUT2D eigenvalue weighted by molar-refractivity contribution is -0.136. The minimum atomic E-state index is -0.833. The Morgan fingerprint density at radius 2 is 1.59 bits per heavy atom. The number of fused-ring (bicyclic) bond motifs is 1. The number of amides is 1. The largest absolute Gasteiger partial charge is 0.481 e. The van der Waals surface area contributed by atoms with Gasteiger partial charge in [-0.1, -0.05) is 18.2 Å². The van der Waals surface area contributed by atoms with Crippen molar-refractivity contribution in [2.75, 3.05) is 79.7 Å². The fraction of sp³-hybridized carbons (Fsp3) is 0.406. The van der Waals surface area contributed by atoms with E-state index in [1.165, 1.54) is 6.33 Å². The summed E-state index contributed by atoms with van der Waals surface area (Å²) in [5.41, 5.74) is 13.7. The van der Waals surface area contributed by atoms with Gasteiger partial charge in [-0.25, -0.2) is 14.6 Å². The number of carbonyl (C=O) groups is 2. The maximum Gasteiger partial charge on any atom is 0.300 e. The van der Waals surface area contributed by atoms with Gasteiger partial charge in [-0.05, 0) is 64.6 Å². The fourth-order valence-electron chi connectivity index (χ4n) is 4.44. The summed E-state index contributed by atoms with van der Waals surface area (Å²) in [4.78, 5) is 36.2. The predicted octanol–water partition coefficient (Wildman–Crippen LogP) is 2.00. The molecule has 0 radical (unpaired) electrons. The lowest BCUT2D eigenvalue weighted by atomic mass is 10.1. The van der Waals surface area contributed by atoms with E-state index in [1.807, 2.05) is 92.4 Å². The number of hydrogen-bond donors (Lipinski definition) is 4. The third-order valence-electron chi connectivity index (χ3n) is 6.77. The van der Waals surface area contributed by atoms with Crippen LogP contribution in [0.4, 0.5) is 5.82 Å². The summed E-state index contributed by atoms with van der Waals surface area (Å²) in [5, 5.41) is 16.2. The number of carboxylic acid groups (broad SMARTS) is 1. The molecule has 0 bridgehead atoms. The molecule has 2 aromatic carbocycles. The number of ether oxygens (including phenoxy) is 1. The van der Waals surface area contributed by atoms with Crippen LogP contribution < -0.4 is 21.5 Å². The molecule has 1 saturated heterocycles. The number of carbonyl (C=O) groups excluding carboxylic acids is 1. The number of anilines is 1. The van der Waals surface area contributed by atoms with E-state index >= 15 is 0 Å². The molecule has 1 aliphatic heterocycles. The Kier molecular flexibility index (Phi) is 13.8. The van der Waals surface area contributed by atoms with Crippen molar-refractivity contribution in [1.82, 2.24) is 39.8 Å². The van der Waals surface area contributed by atoms with Crippen molar-refractivity contribution in [2.45, 2.75) is 13.0 Å². The zero-order valence-corrected chi connectivity index (χ0v) is 27.3. The van der Waals surface area contributed by atoms with Crippen LogP contribution in [0.3, 0.4) is 0 Å². The number of likely N-dealkylation sites (tertiary alicyclic amines) is 1. The molecular formula is C32H46N10O4. The lowest BCUT2D eigenvalue weighted by Gasteiger charge is -2.39. The van der Waals surface area contributed by atoms with Crippen LogP contribution >= 0.6 is 0 Å². The van der Waals surface area contributed by atoms with Gasteiger partial charge in [-0.2, -0.15) is 5.10 Å². The Balaban J connectivity index is 0.000000504. The van der Waals surface area contributed by atoms with E-state index in [4.69, 9.17) is 31.2 Å². The molecule has 0 aliphatic carbocycles. The number of nitrogens with zero attached hydrogens (tertiary/aromatic N) is 7. The first-order valence-electron chi connectivity index (χ1n) is 15.0.